The lowest BCUT2D eigenvalue weighted by Gasteiger charge is -2.08. The zero-order chi connectivity index (χ0) is 13.7. The SMILES string of the molecule is CCc1ccccc1OCc1nc(CC)c(CS)s1. The Morgan fingerprint density at radius 2 is 2.00 bits per heavy atom. The molecule has 2 aromatic rings. The van der Waals surface area contributed by atoms with Gasteiger partial charge in [-0.15, -0.1) is 11.3 Å². The van der Waals surface area contributed by atoms with Crippen LogP contribution in [-0.4, -0.2) is 4.98 Å². The Bertz CT molecular complexity index is 515. The maximum absolute atomic E-state index is 5.89. The lowest BCUT2D eigenvalue weighted by atomic mass is 10.1. The first kappa shape index (κ1) is 14.4. The molecule has 1 aromatic heterocycles. The number of hydrogen-bond acceptors (Lipinski definition) is 4. The molecule has 102 valence electrons. The predicted molar refractivity (Wildman–Crippen MR) is 84.3 cm³/mol. The molecule has 0 saturated heterocycles. The smallest absolute Gasteiger partial charge is 0.140 e. The molecule has 0 saturated carbocycles. The van der Waals surface area contributed by atoms with Crippen LogP contribution in [-0.2, 0) is 25.2 Å². The van der Waals surface area contributed by atoms with Crippen LogP contribution in [0.5, 0.6) is 5.75 Å². The minimum atomic E-state index is 0.544. The van der Waals surface area contributed by atoms with Crippen LogP contribution in [0.15, 0.2) is 24.3 Å². The lowest BCUT2D eigenvalue weighted by molar-refractivity contribution is 0.302. The van der Waals surface area contributed by atoms with Crippen molar-refractivity contribution in [1.29, 1.82) is 0 Å². The van der Waals surface area contributed by atoms with Gasteiger partial charge in [-0.05, 0) is 24.5 Å². The summed E-state index contributed by atoms with van der Waals surface area (Å²) in [5, 5.41) is 1.03. The molecule has 2 rings (SSSR count). The van der Waals surface area contributed by atoms with E-state index in [1.807, 2.05) is 18.2 Å². The van der Waals surface area contributed by atoms with Crippen LogP contribution in [0.1, 0.15) is 35.0 Å². The van der Waals surface area contributed by atoms with E-state index < -0.39 is 0 Å². The van der Waals surface area contributed by atoms with Crippen LogP contribution in [0, 0.1) is 0 Å². The van der Waals surface area contributed by atoms with Gasteiger partial charge in [0, 0.05) is 10.6 Å². The Labute approximate surface area is 124 Å². The molecule has 0 bridgehead atoms. The van der Waals surface area contributed by atoms with Gasteiger partial charge in [-0.3, -0.25) is 0 Å². The number of benzene rings is 1. The van der Waals surface area contributed by atoms with Crippen molar-refractivity contribution in [2.24, 2.45) is 0 Å². The van der Waals surface area contributed by atoms with Crippen molar-refractivity contribution in [2.45, 2.75) is 39.0 Å². The highest BCUT2D eigenvalue weighted by atomic mass is 32.1. The van der Waals surface area contributed by atoms with E-state index in [1.165, 1.54) is 10.4 Å². The molecule has 0 fully saturated rings. The van der Waals surface area contributed by atoms with Crippen molar-refractivity contribution in [3.8, 4) is 5.75 Å². The summed E-state index contributed by atoms with van der Waals surface area (Å²) in [6, 6.07) is 8.18. The van der Waals surface area contributed by atoms with Crippen LogP contribution >= 0.6 is 24.0 Å². The summed E-state index contributed by atoms with van der Waals surface area (Å²) in [6.07, 6.45) is 1.94. The van der Waals surface area contributed by atoms with E-state index in [0.29, 0.717) is 6.61 Å². The molecule has 0 atom stereocenters. The second kappa shape index (κ2) is 6.96. The van der Waals surface area contributed by atoms with Gasteiger partial charge in [-0.25, -0.2) is 4.98 Å². The summed E-state index contributed by atoms with van der Waals surface area (Å²) in [5.74, 6) is 1.72. The highest BCUT2D eigenvalue weighted by Crippen LogP contribution is 2.24. The number of para-hydroxylation sites is 1. The van der Waals surface area contributed by atoms with Crippen LogP contribution in [0.25, 0.3) is 0 Å². The fourth-order valence-electron chi connectivity index (χ4n) is 1.97. The second-order valence-corrected chi connectivity index (χ2v) is 5.72. The number of rotatable bonds is 6. The predicted octanol–water partition coefficient (Wildman–Crippen LogP) is 4.28. The maximum Gasteiger partial charge on any atom is 0.140 e. The van der Waals surface area contributed by atoms with E-state index in [4.69, 9.17) is 4.74 Å². The Hall–Kier alpha value is -1.000. The van der Waals surface area contributed by atoms with Crippen molar-refractivity contribution >= 4 is 24.0 Å². The summed E-state index contributed by atoms with van der Waals surface area (Å²) in [5.41, 5.74) is 2.39. The van der Waals surface area contributed by atoms with E-state index in [2.05, 4.69) is 37.5 Å². The number of thiazole rings is 1. The molecule has 0 N–H and O–H groups in total. The second-order valence-electron chi connectivity index (χ2n) is 4.24. The van der Waals surface area contributed by atoms with Gasteiger partial charge in [0.15, 0.2) is 0 Å². The summed E-state index contributed by atoms with van der Waals surface area (Å²) in [7, 11) is 0. The molecule has 1 heterocycles. The maximum atomic E-state index is 5.89. The molecular weight excluding hydrogens is 274 g/mol. The highest BCUT2D eigenvalue weighted by molar-refractivity contribution is 7.79. The van der Waals surface area contributed by atoms with E-state index in [0.717, 1.165) is 35.0 Å². The van der Waals surface area contributed by atoms with Crippen LogP contribution in [0.3, 0.4) is 0 Å². The van der Waals surface area contributed by atoms with Gasteiger partial charge < -0.3 is 4.74 Å². The van der Waals surface area contributed by atoms with E-state index in [9.17, 15) is 0 Å². The summed E-state index contributed by atoms with van der Waals surface area (Å²) >= 11 is 6.05. The summed E-state index contributed by atoms with van der Waals surface area (Å²) in [4.78, 5) is 5.87. The minimum absolute atomic E-state index is 0.544. The van der Waals surface area contributed by atoms with E-state index in [-0.39, 0.29) is 0 Å². The zero-order valence-electron chi connectivity index (χ0n) is 11.3. The van der Waals surface area contributed by atoms with Crippen molar-refractivity contribution in [1.82, 2.24) is 4.98 Å². The van der Waals surface area contributed by atoms with Crippen LogP contribution < -0.4 is 4.74 Å². The molecule has 19 heavy (non-hydrogen) atoms. The normalized spacial score (nSPS) is 10.7. The largest absolute Gasteiger partial charge is 0.486 e. The molecule has 0 unspecified atom stereocenters. The Morgan fingerprint density at radius 1 is 1.21 bits per heavy atom. The third kappa shape index (κ3) is 3.51. The number of nitrogens with zero attached hydrogens (tertiary/aromatic N) is 1. The van der Waals surface area contributed by atoms with Gasteiger partial charge in [-0.1, -0.05) is 32.0 Å². The van der Waals surface area contributed by atoms with Crippen molar-refractivity contribution in [3.63, 3.8) is 0 Å². The molecule has 4 heteroatoms. The quantitative estimate of drug-likeness (QED) is 0.803. The first-order valence-corrected chi connectivity index (χ1v) is 8.02. The molecule has 0 aliphatic rings. The van der Waals surface area contributed by atoms with Gasteiger partial charge in [0.1, 0.15) is 17.4 Å². The first-order chi connectivity index (χ1) is 9.28. The average molecular weight is 293 g/mol. The zero-order valence-corrected chi connectivity index (χ0v) is 13.1. The minimum Gasteiger partial charge on any atom is -0.486 e. The lowest BCUT2D eigenvalue weighted by Crippen LogP contribution is -1.98. The Balaban J connectivity index is 2.08. The molecule has 0 spiro atoms. The van der Waals surface area contributed by atoms with Gasteiger partial charge in [0.05, 0.1) is 5.69 Å². The monoisotopic (exact) mass is 293 g/mol. The Kier molecular flexibility index (Phi) is 5.28. The fraction of sp³-hybridized carbons (Fsp3) is 0.400. The number of ether oxygens (including phenoxy) is 1. The van der Waals surface area contributed by atoms with E-state index in [1.54, 1.807) is 11.3 Å². The number of aryl methyl sites for hydroxylation is 2. The highest BCUT2D eigenvalue weighted by Gasteiger charge is 2.09. The standard InChI is InChI=1S/C15H19NOS2/c1-3-11-7-5-6-8-13(11)17-9-15-16-12(4-2)14(10-18)19-15/h5-8,18H,3-4,9-10H2,1-2H3. The first-order valence-electron chi connectivity index (χ1n) is 6.57. The fourth-order valence-corrected chi connectivity index (χ4v) is 3.28. The van der Waals surface area contributed by atoms with Crippen LogP contribution in [0.2, 0.25) is 0 Å². The van der Waals surface area contributed by atoms with Gasteiger partial charge >= 0.3 is 0 Å². The Morgan fingerprint density at radius 3 is 2.63 bits per heavy atom. The molecular formula is C15H19NOS2. The molecule has 0 aliphatic heterocycles. The molecule has 1 aromatic carbocycles. The third-order valence-corrected chi connectivity index (χ3v) is 4.61. The van der Waals surface area contributed by atoms with Crippen LogP contribution in [0.4, 0.5) is 0 Å². The van der Waals surface area contributed by atoms with Crippen molar-refractivity contribution < 1.29 is 4.74 Å². The van der Waals surface area contributed by atoms with E-state index >= 15 is 0 Å². The average Bonchev–Trinajstić information content (AvgIpc) is 2.87. The third-order valence-electron chi connectivity index (χ3n) is 3.01. The number of thiol groups is 1. The molecule has 0 amide bonds. The van der Waals surface area contributed by atoms with Gasteiger partial charge in [0.2, 0.25) is 0 Å². The molecule has 0 aliphatic carbocycles. The van der Waals surface area contributed by atoms with Crippen molar-refractivity contribution in [3.05, 3.63) is 45.4 Å². The van der Waals surface area contributed by atoms with Gasteiger partial charge in [0.25, 0.3) is 0 Å². The molecule has 0 radical (unpaired) electrons. The molecule has 2 nitrogen and oxygen atoms in total. The summed E-state index contributed by atoms with van der Waals surface area (Å²) < 4.78 is 5.89. The van der Waals surface area contributed by atoms with Gasteiger partial charge in [-0.2, -0.15) is 12.6 Å². The summed E-state index contributed by atoms with van der Waals surface area (Å²) in [6.45, 7) is 4.81. The number of hydrogen-bond donors (Lipinski definition) is 1. The number of aromatic nitrogens is 1. The van der Waals surface area contributed by atoms with Crippen molar-refractivity contribution in [2.75, 3.05) is 0 Å². The topological polar surface area (TPSA) is 22.1 Å².